The van der Waals surface area contributed by atoms with Crippen LogP contribution >= 0.6 is 11.5 Å². The molecule has 21 heavy (non-hydrogen) atoms. The van der Waals surface area contributed by atoms with Crippen molar-refractivity contribution in [3.63, 3.8) is 0 Å². The number of nitriles is 1. The number of aryl methyl sites for hydroxylation is 1. The maximum Gasteiger partial charge on any atom is 0.161 e. The number of likely N-dealkylation sites (N-methyl/N-ethyl adjacent to an activating group) is 1. The number of ether oxygens (including phenoxy) is 2. The van der Waals surface area contributed by atoms with Crippen LogP contribution in [-0.2, 0) is 0 Å². The van der Waals surface area contributed by atoms with Gasteiger partial charge in [-0.05, 0) is 30.6 Å². The Hall–Kier alpha value is -2.26. The zero-order valence-corrected chi connectivity index (χ0v) is 12.7. The van der Waals surface area contributed by atoms with E-state index in [9.17, 15) is 5.26 Å². The van der Waals surface area contributed by atoms with Crippen molar-refractivity contribution >= 4 is 16.5 Å². The highest BCUT2D eigenvalue weighted by atomic mass is 32.1. The lowest BCUT2D eigenvalue weighted by Gasteiger charge is -2.29. The van der Waals surface area contributed by atoms with Crippen LogP contribution in [0.1, 0.15) is 11.3 Å². The van der Waals surface area contributed by atoms with Gasteiger partial charge in [0.05, 0.1) is 12.2 Å². The summed E-state index contributed by atoms with van der Waals surface area (Å²) in [6, 6.07) is 9.86. The Bertz CT molecular complexity index is 692. The smallest absolute Gasteiger partial charge is 0.161 e. The molecule has 0 radical (unpaired) electrons. The third kappa shape index (κ3) is 2.65. The van der Waals surface area contributed by atoms with Gasteiger partial charge < -0.3 is 14.4 Å². The van der Waals surface area contributed by atoms with Crippen molar-refractivity contribution in [2.24, 2.45) is 0 Å². The zero-order chi connectivity index (χ0) is 14.8. The Morgan fingerprint density at radius 2 is 2.19 bits per heavy atom. The first-order valence-electron chi connectivity index (χ1n) is 6.65. The third-order valence-electron chi connectivity index (χ3n) is 3.35. The van der Waals surface area contributed by atoms with Gasteiger partial charge >= 0.3 is 0 Å². The summed E-state index contributed by atoms with van der Waals surface area (Å²) in [5.74, 6) is 1.55. The van der Waals surface area contributed by atoms with E-state index in [0.717, 1.165) is 22.2 Å². The molecule has 0 N–H and O–H groups in total. The van der Waals surface area contributed by atoms with Crippen molar-refractivity contribution in [2.75, 3.05) is 25.1 Å². The number of hydrogen-bond acceptors (Lipinski definition) is 6. The van der Waals surface area contributed by atoms with Crippen molar-refractivity contribution < 1.29 is 9.47 Å². The number of nitrogens with zero attached hydrogens (tertiary/aromatic N) is 3. The van der Waals surface area contributed by atoms with Crippen molar-refractivity contribution in [1.29, 1.82) is 5.26 Å². The average Bonchev–Trinajstić information content (AvgIpc) is 2.88. The fourth-order valence-electron chi connectivity index (χ4n) is 2.29. The van der Waals surface area contributed by atoms with Crippen LogP contribution in [0.5, 0.6) is 11.5 Å². The molecule has 0 fully saturated rings. The predicted octanol–water partition coefficient (Wildman–Crippen LogP) is 2.60. The molecule has 2 heterocycles. The van der Waals surface area contributed by atoms with Gasteiger partial charge in [-0.1, -0.05) is 12.1 Å². The van der Waals surface area contributed by atoms with Gasteiger partial charge in [0.1, 0.15) is 23.2 Å². The van der Waals surface area contributed by atoms with Gasteiger partial charge in [0.2, 0.25) is 0 Å². The van der Waals surface area contributed by atoms with Gasteiger partial charge in [-0.15, -0.1) is 0 Å². The quantitative estimate of drug-likeness (QED) is 0.872. The van der Waals surface area contributed by atoms with E-state index in [2.05, 4.69) is 10.4 Å². The van der Waals surface area contributed by atoms with Crippen LogP contribution in [0.15, 0.2) is 24.3 Å². The largest absolute Gasteiger partial charge is 0.486 e. The van der Waals surface area contributed by atoms with Crippen LogP contribution in [0.25, 0.3) is 0 Å². The van der Waals surface area contributed by atoms with Gasteiger partial charge in [0.15, 0.2) is 17.6 Å². The molecule has 1 aromatic carbocycles. The second kappa shape index (κ2) is 5.62. The van der Waals surface area contributed by atoms with Gasteiger partial charge in [-0.3, -0.25) is 0 Å². The number of rotatable bonds is 3. The standard InChI is InChI=1S/C15H15N3O2S/c1-10-12(7-16)15(21-17-10)18(2)8-11-9-19-13-5-3-4-6-14(13)20-11/h3-6,11H,8-9H2,1-2H3/t11-/m0/s1. The van der Waals surface area contributed by atoms with Crippen molar-refractivity contribution in [3.05, 3.63) is 35.5 Å². The van der Waals surface area contributed by atoms with Crippen LogP contribution in [0.4, 0.5) is 5.00 Å². The first kappa shape index (κ1) is 13.7. The topological polar surface area (TPSA) is 58.4 Å². The van der Waals surface area contributed by atoms with E-state index >= 15 is 0 Å². The first-order chi connectivity index (χ1) is 10.2. The summed E-state index contributed by atoms with van der Waals surface area (Å²) in [5.41, 5.74) is 1.41. The highest BCUT2D eigenvalue weighted by molar-refractivity contribution is 7.10. The summed E-state index contributed by atoms with van der Waals surface area (Å²) in [7, 11) is 1.94. The monoisotopic (exact) mass is 301 g/mol. The van der Waals surface area contributed by atoms with Gasteiger partial charge in [-0.2, -0.15) is 9.64 Å². The fraction of sp³-hybridized carbons (Fsp3) is 0.333. The number of anilines is 1. The van der Waals surface area contributed by atoms with Crippen molar-refractivity contribution in [3.8, 4) is 17.6 Å². The van der Waals surface area contributed by atoms with E-state index in [4.69, 9.17) is 9.47 Å². The normalized spacial score (nSPS) is 16.3. The molecule has 0 saturated carbocycles. The van der Waals surface area contributed by atoms with E-state index in [0.29, 0.717) is 18.7 Å². The highest BCUT2D eigenvalue weighted by Gasteiger charge is 2.24. The molecule has 0 unspecified atom stereocenters. The molecule has 0 aliphatic carbocycles. The second-order valence-electron chi connectivity index (χ2n) is 4.94. The van der Waals surface area contributed by atoms with E-state index in [-0.39, 0.29) is 6.10 Å². The molecular formula is C15H15N3O2S. The Kier molecular flexibility index (Phi) is 3.67. The van der Waals surface area contributed by atoms with Crippen LogP contribution < -0.4 is 14.4 Å². The Morgan fingerprint density at radius 1 is 1.43 bits per heavy atom. The fourth-order valence-corrected chi connectivity index (χ4v) is 3.10. The maximum atomic E-state index is 9.21. The van der Waals surface area contributed by atoms with Crippen LogP contribution in [0, 0.1) is 18.3 Å². The minimum Gasteiger partial charge on any atom is -0.486 e. The maximum absolute atomic E-state index is 9.21. The van der Waals surface area contributed by atoms with Crippen molar-refractivity contribution in [1.82, 2.24) is 4.37 Å². The number of para-hydroxylation sites is 2. The molecule has 1 atom stereocenters. The van der Waals surface area contributed by atoms with Crippen molar-refractivity contribution in [2.45, 2.75) is 13.0 Å². The SMILES string of the molecule is Cc1nsc(N(C)C[C@H]2COc3ccccc3O2)c1C#N. The summed E-state index contributed by atoms with van der Waals surface area (Å²) in [5, 5.41) is 10.1. The lowest BCUT2D eigenvalue weighted by molar-refractivity contribution is 0.0961. The Labute approximate surface area is 127 Å². The van der Waals surface area contributed by atoms with Gasteiger partial charge in [0.25, 0.3) is 0 Å². The summed E-state index contributed by atoms with van der Waals surface area (Å²) in [4.78, 5) is 2.01. The molecule has 0 spiro atoms. The first-order valence-corrected chi connectivity index (χ1v) is 7.42. The summed E-state index contributed by atoms with van der Waals surface area (Å²) < 4.78 is 15.9. The lowest BCUT2D eigenvalue weighted by atomic mass is 10.2. The molecule has 6 heteroatoms. The molecule has 2 aromatic rings. The molecule has 0 saturated heterocycles. The van der Waals surface area contributed by atoms with Crippen LogP contribution in [0.2, 0.25) is 0 Å². The molecule has 5 nitrogen and oxygen atoms in total. The average molecular weight is 301 g/mol. The Balaban J connectivity index is 1.72. The van der Waals surface area contributed by atoms with E-state index in [1.807, 2.05) is 43.1 Å². The van der Waals surface area contributed by atoms with E-state index < -0.39 is 0 Å². The number of fused-ring (bicyclic) bond motifs is 1. The lowest BCUT2D eigenvalue weighted by Crippen LogP contribution is -2.39. The van der Waals surface area contributed by atoms with Crippen LogP contribution in [-0.4, -0.2) is 30.7 Å². The third-order valence-corrected chi connectivity index (χ3v) is 4.40. The minimum absolute atomic E-state index is 0.0705. The molecule has 0 amide bonds. The zero-order valence-electron chi connectivity index (χ0n) is 11.9. The number of aromatic nitrogens is 1. The summed E-state index contributed by atoms with van der Waals surface area (Å²) >= 11 is 1.34. The van der Waals surface area contributed by atoms with Gasteiger partial charge in [-0.25, -0.2) is 0 Å². The van der Waals surface area contributed by atoms with Crippen LogP contribution in [0.3, 0.4) is 0 Å². The molecule has 1 aromatic heterocycles. The van der Waals surface area contributed by atoms with Gasteiger partial charge in [0, 0.05) is 7.05 Å². The molecule has 1 aliphatic heterocycles. The molecule has 0 bridgehead atoms. The molecule has 1 aliphatic rings. The Morgan fingerprint density at radius 3 is 2.95 bits per heavy atom. The second-order valence-corrected chi connectivity index (χ2v) is 5.69. The summed E-state index contributed by atoms with van der Waals surface area (Å²) in [6.07, 6.45) is -0.0705. The number of benzene rings is 1. The summed E-state index contributed by atoms with van der Waals surface area (Å²) in [6.45, 7) is 2.99. The molecular weight excluding hydrogens is 286 g/mol. The van der Waals surface area contributed by atoms with E-state index in [1.165, 1.54) is 11.5 Å². The minimum atomic E-state index is -0.0705. The number of hydrogen-bond donors (Lipinski definition) is 0. The van der Waals surface area contributed by atoms with E-state index in [1.54, 1.807) is 0 Å². The highest BCUT2D eigenvalue weighted by Crippen LogP contribution is 2.32. The molecule has 108 valence electrons. The predicted molar refractivity (Wildman–Crippen MR) is 81.2 cm³/mol. The molecule has 3 rings (SSSR count).